The molecule has 1 N–H and O–H groups in total. The number of rotatable bonds is 6. The Balaban J connectivity index is 2.14. The van der Waals surface area contributed by atoms with Crippen molar-refractivity contribution in [3.05, 3.63) is 15.8 Å². The van der Waals surface area contributed by atoms with E-state index >= 15 is 0 Å². The van der Waals surface area contributed by atoms with Crippen molar-refractivity contribution in [2.45, 2.75) is 33.1 Å². The minimum absolute atomic E-state index is 0.128. The van der Waals surface area contributed by atoms with Crippen molar-refractivity contribution in [2.24, 2.45) is 18.9 Å². The number of aromatic nitrogens is 2. The molecule has 1 atom stereocenters. The Bertz CT molecular complexity index is 451. The smallest absolute Gasteiger partial charge is 0.333 e. The number of aryl methyl sites for hydroxylation is 2. The van der Waals surface area contributed by atoms with Gasteiger partial charge in [0.2, 0.25) is 5.82 Å². The first-order valence-corrected chi connectivity index (χ1v) is 6.48. The van der Waals surface area contributed by atoms with Gasteiger partial charge in [-0.25, -0.2) is 4.68 Å². The van der Waals surface area contributed by atoms with Crippen molar-refractivity contribution < 1.29 is 4.92 Å². The lowest BCUT2D eigenvalue weighted by atomic mass is 10.1. The van der Waals surface area contributed by atoms with Crippen LogP contribution < -0.4 is 5.32 Å². The van der Waals surface area contributed by atoms with Gasteiger partial charge in [-0.05, 0) is 31.1 Å². The summed E-state index contributed by atoms with van der Waals surface area (Å²) in [4.78, 5) is 10.8. The maximum absolute atomic E-state index is 11.1. The van der Waals surface area contributed by atoms with E-state index < -0.39 is 0 Å². The van der Waals surface area contributed by atoms with Crippen LogP contribution in [0.4, 0.5) is 11.5 Å². The molecule has 1 aliphatic rings. The molecule has 0 bridgehead atoms. The molecule has 100 valence electrons. The monoisotopic (exact) mass is 252 g/mol. The third-order valence-electron chi connectivity index (χ3n) is 3.63. The molecule has 1 aromatic rings. The van der Waals surface area contributed by atoms with Gasteiger partial charge in [0, 0.05) is 13.6 Å². The molecule has 0 spiro atoms. The first-order chi connectivity index (χ1) is 8.54. The molecule has 2 rings (SSSR count). The molecule has 1 saturated carbocycles. The number of anilines is 1. The molecule has 1 aromatic heterocycles. The first-order valence-electron chi connectivity index (χ1n) is 6.48. The number of nitro groups is 1. The zero-order valence-electron chi connectivity index (χ0n) is 11.1. The predicted octanol–water partition coefficient (Wildman–Crippen LogP) is 2.35. The van der Waals surface area contributed by atoms with Crippen LogP contribution in [-0.2, 0) is 13.5 Å². The standard InChI is InChI=1S/C12H20N4O2/c1-4-10-11(16(17)18)12(15(3)14-10)13-7-8(2)9-5-6-9/h8-9,13H,4-7H2,1-3H3. The van der Waals surface area contributed by atoms with E-state index in [-0.39, 0.29) is 10.6 Å². The molecule has 0 amide bonds. The Morgan fingerprint density at radius 3 is 2.78 bits per heavy atom. The van der Waals surface area contributed by atoms with Crippen molar-refractivity contribution in [1.82, 2.24) is 9.78 Å². The average molecular weight is 252 g/mol. The summed E-state index contributed by atoms with van der Waals surface area (Å²) in [6.07, 6.45) is 3.15. The van der Waals surface area contributed by atoms with Crippen molar-refractivity contribution in [2.75, 3.05) is 11.9 Å². The van der Waals surface area contributed by atoms with Gasteiger partial charge in [-0.2, -0.15) is 5.10 Å². The summed E-state index contributed by atoms with van der Waals surface area (Å²) in [5.41, 5.74) is 0.673. The minimum atomic E-state index is -0.337. The summed E-state index contributed by atoms with van der Waals surface area (Å²) < 4.78 is 1.58. The summed E-state index contributed by atoms with van der Waals surface area (Å²) in [6.45, 7) is 4.84. The van der Waals surface area contributed by atoms with E-state index in [1.165, 1.54) is 12.8 Å². The molecule has 0 saturated heterocycles. The zero-order chi connectivity index (χ0) is 13.3. The van der Waals surface area contributed by atoms with Crippen LogP contribution in [0.3, 0.4) is 0 Å². The molecule has 6 heteroatoms. The predicted molar refractivity (Wildman–Crippen MR) is 69.6 cm³/mol. The van der Waals surface area contributed by atoms with E-state index in [1.54, 1.807) is 11.7 Å². The third kappa shape index (κ3) is 2.47. The van der Waals surface area contributed by atoms with Crippen LogP contribution >= 0.6 is 0 Å². The number of hydrogen-bond donors (Lipinski definition) is 1. The molecule has 0 radical (unpaired) electrons. The van der Waals surface area contributed by atoms with Crippen molar-refractivity contribution in [1.29, 1.82) is 0 Å². The second kappa shape index (κ2) is 4.96. The van der Waals surface area contributed by atoms with Crippen LogP contribution in [0.1, 0.15) is 32.4 Å². The molecule has 0 aromatic carbocycles. The van der Waals surface area contributed by atoms with E-state index in [2.05, 4.69) is 17.3 Å². The highest BCUT2D eigenvalue weighted by molar-refractivity contribution is 5.59. The lowest BCUT2D eigenvalue weighted by Crippen LogP contribution is -2.15. The Morgan fingerprint density at radius 2 is 2.28 bits per heavy atom. The Kier molecular flexibility index (Phi) is 3.54. The lowest BCUT2D eigenvalue weighted by Gasteiger charge is -2.11. The fourth-order valence-electron chi connectivity index (χ4n) is 2.29. The van der Waals surface area contributed by atoms with E-state index in [1.807, 2.05) is 6.92 Å². The van der Waals surface area contributed by atoms with Gasteiger partial charge >= 0.3 is 5.69 Å². The fraction of sp³-hybridized carbons (Fsp3) is 0.750. The van der Waals surface area contributed by atoms with Crippen LogP contribution in [0.25, 0.3) is 0 Å². The maximum Gasteiger partial charge on any atom is 0.333 e. The quantitative estimate of drug-likeness (QED) is 0.623. The molecule has 1 unspecified atom stereocenters. The van der Waals surface area contributed by atoms with Crippen LogP contribution in [0, 0.1) is 22.0 Å². The molecule has 1 fully saturated rings. The highest BCUT2D eigenvalue weighted by Gasteiger charge is 2.30. The number of nitrogens with one attached hydrogen (secondary N) is 1. The van der Waals surface area contributed by atoms with Gasteiger partial charge in [0.25, 0.3) is 0 Å². The minimum Gasteiger partial charge on any atom is -0.364 e. The average Bonchev–Trinajstić information content (AvgIpc) is 3.10. The van der Waals surface area contributed by atoms with E-state index in [9.17, 15) is 10.1 Å². The van der Waals surface area contributed by atoms with Gasteiger partial charge in [0.1, 0.15) is 5.69 Å². The molecule has 6 nitrogen and oxygen atoms in total. The van der Waals surface area contributed by atoms with Crippen molar-refractivity contribution in [3.8, 4) is 0 Å². The van der Waals surface area contributed by atoms with E-state index in [0.717, 1.165) is 12.5 Å². The molecular weight excluding hydrogens is 232 g/mol. The first kappa shape index (κ1) is 12.9. The number of nitrogens with zero attached hydrogens (tertiary/aromatic N) is 3. The molecule has 18 heavy (non-hydrogen) atoms. The van der Waals surface area contributed by atoms with Crippen molar-refractivity contribution in [3.63, 3.8) is 0 Å². The summed E-state index contributed by atoms with van der Waals surface area (Å²) >= 11 is 0. The van der Waals surface area contributed by atoms with Gasteiger partial charge in [-0.1, -0.05) is 13.8 Å². The largest absolute Gasteiger partial charge is 0.364 e. The highest BCUT2D eigenvalue weighted by Crippen LogP contribution is 2.37. The lowest BCUT2D eigenvalue weighted by molar-refractivity contribution is -0.384. The normalized spacial score (nSPS) is 16.6. The van der Waals surface area contributed by atoms with Gasteiger partial charge in [0.15, 0.2) is 0 Å². The second-order valence-electron chi connectivity index (χ2n) is 5.07. The highest BCUT2D eigenvalue weighted by atomic mass is 16.6. The van der Waals surface area contributed by atoms with Gasteiger partial charge in [-0.3, -0.25) is 10.1 Å². The Hall–Kier alpha value is -1.59. The van der Waals surface area contributed by atoms with Crippen LogP contribution in [0.5, 0.6) is 0 Å². The van der Waals surface area contributed by atoms with Crippen LogP contribution in [0.15, 0.2) is 0 Å². The fourth-order valence-corrected chi connectivity index (χ4v) is 2.29. The van der Waals surface area contributed by atoms with Gasteiger partial charge in [-0.15, -0.1) is 0 Å². The zero-order valence-corrected chi connectivity index (χ0v) is 11.1. The van der Waals surface area contributed by atoms with Crippen molar-refractivity contribution >= 4 is 11.5 Å². The third-order valence-corrected chi connectivity index (χ3v) is 3.63. The van der Waals surface area contributed by atoms with Gasteiger partial charge in [0.05, 0.1) is 4.92 Å². The summed E-state index contributed by atoms with van der Waals surface area (Å²) in [5, 5.41) is 18.5. The topological polar surface area (TPSA) is 73.0 Å². The summed E-state index contributed by atoms with van der Waals surface area (Å²) in [5.74, 6) is 1.88. The maximum atomic E-state index is 11.1. The van der Waals surface area contributed by atoms with Crippen LogP contribution in [0.2, 0.25) is 0 Å². The molecule has 1 heterocycles. The molecular formula is C12H20N4O2. The van der Waals surface area contributed by atoms with E-state index in [0.29, 0.717) is 23.9 Å². The Labute approximate surface area is 107 Å². The molecule has 0 aliphatic heterocycles. The van der Waals surface area contributed by atoms with E-state index in [4.69, 9.17) is 0 Å². The van der Waals surface area contributed by atoms with Gasteiger partial charge < -0.3 is 5.32 Å². The second-order valence-corrected chi connectivity index (χ2v) is 5.07. The Morgan fingerprint density at radius 1 is 1.61 bits per heavy atom. The molecule has 1 aliphatic carbocycles. The summed E-state index contributed by atoms with van der Waals surface area (Å²) in [7, 11) is 1.75. The summed E-state index contributed by atoms with van der Waals surface area (Å²) in [6, 6.07) is 0. The number of hydrogen-bond acceptors (Lipinski definition) is 4. The SMILES string of the molecule is CCc1nn(C)c(NCC(C)C2CC2)c1[N+](=O)[O-]. The van der Waals surface area contributed by atoms with Crippen LogP contribution in [-0.4, -0.2) is 21.2 Å².